The fraction of sp³-hybridized carbons (Fsp3) is 0. The number of para-hydroxylation sites is 1. The minimum Gasteiger partial charge on any atom is -0.507 e. The van der Waals surface area contributed by atoms with E-state index in [1.807, 2.05) is 0 Å². The number of benzene rings is 4. The topological polar surface area (TPSA) is 167 Å². The maximum Gasteiger partial charge on any atom is 0.295 e. The molecule has 0 fully saturated rings. The van der Waals surface area contributed by atoms with Gasteiger partial charge >= 0.3 is 0 Å². The Balaban J connectivity index is 0.00000289. The zero-order chi connectivity index (χ0) is 24.2. The molecule has 0 aliphatic carbocycles. The van der Waals surface area contributed by atoms with Crippen LogP contribution < -0.4 is 0 Å². The van der Waals surface area contributed by atoms with Crippen LogP contribution in [0.2, 0.25) is 0 Å². The number of phenols is 2. The third-order valence-electron chi connectivity index (χ3n) is 5.49. The Morgan fingerprint density at radius 1 is 0.943 bits per heavy atom. The molecule has 0 radical (unpaired) electrons. The van der Waals surface area contributed by atoms with Crippen LogP contribution in [0.15, 0.2) is 71.6 Å². The molecule has 4 N–H and O–H groups in total. The molecule has 4 aromatic carbocycles. The third kappa shape index (κ3) is 4.01. The molecular formula is C23H16ClN3O7S. The molecule has 12 heteroatoms. The quantitative estimate of drug-likeness (QED) is 0.147. The lowest BCUT2D eigenvalue weighted by molar-refractivity contribution is -0.384. The molecule has 5 aromatic rings. The van der Waals surface area contributed by atoms with Crippen LogP contribution in [-0.4, -0.2) is 38.1 Å². The highest BCUT2D eigenvalue weighted by Crippen LogP contribution is 2.41. The van der Waals surface area contributed by atoms with E-state index in [1.54, 1.807) is 24.3 Å². The summed E-state index contributed by atoms with van der Waals surface area (Å²) in [4.78, 5) is 17.6. The number of H-pyrrole nitrogens is 1. The Morgan fingerprint density at radius 2 is 1.63 bits per heavy atom. The molecule has 0 bridgehead atoms. The van der Waals surface area contributed by atoms with Crippen LogP contribution in [0, 0.1) is 10.1 Å². The summed E-state index contributed by atoms with van der Waals surface area (Å²) in [6.07, 6.45) is 0. The highest BCUT2D eigenvalue weighted by atomic mass is 35.5. The molecule has 0 aliphatic heterocycles. The van der Waals surface area contributed by atoms with E-state index in [0.717, 1.165) is 0 Å². The second kappa shape index (κ2) is 8.55. The van der Waals surface area contributed by atoms with Crippen molar-refractivity contribution in [1.29, 1.82) is 0 Å². The Bertz CT molecular complexity index is 1750. The summed E-state index contributed by atoms with van der Waals surface area (Å²) >= 11 is 0. The number of halogens is 1. The smallest absolute Gasteiger partial charge is 0.295 e. The van der Waals surface area contributed by atoms with Crippen LogP contribution in [0.1, 0.15) is 0 Å². The number of hydrogen-bond donors (Lipinski definition) is 4. The number of aromatic hydroxyl groups is 2. The monoisotopic (exact) mass is 513 g/mol. The van der Waals surface area contributed by atoms with E-state index in [1.165, 1.54) is 42.5 Å². The molecule has 0 amide bonds. The first-order valence-electron chi connectivity index (χ1n) is 9.84. The third-order valence-corrected chi connectivity index (χ3v) is 6.38. The largest absolute Gasteiger partial charge is 0.507 e. The summed E-state index contributed by atoms with van der Waals surface area (Å²) in [5, 5.41) is 32.7. The van der Waals surface area contributed by atoms with Gasteiger partial charge in [-0.2, -0.15) is 8.42 Å². The Labute approximate surface area is 203 Å². The number of aromatic amines is 1. The zero-order valence-electron chi connectivity index (χ0n) is 17.5. The lowest BCUT2D eigenvalue weighted by Gasteiger charge is -2.08. The lowest BCUT2D eigenvalue weighted by atomic mass is 10.0. The van der Waals surface area contributed by atoms with Crippen molar-refractivity contribution in [2.45, 2.75) is 4.90 Å². The van der Waals surface area contributed by atoms with Gasteiger partial charge in [0.05, 0.1) is 21.4 Å². The highest BCUT2D eigenvalue weighted by molar-refractivity contribution is 7.86. The van der Waals surface area contributed by atoms with E-state index >= 15 is 0 Å². The lowest BCUT2D eigenvalue weighted by Crippen LogP contribution is -1.99. The molecule has 10 nitrogen and oxygen atoms in total. The number of nitro benzene ring substituents is 1. The number of rotatable bonds is 4. The van der Waals surface area contributed by atoms with Gasteiger partial charge in [-0.3, -0.25) is 14.7 Å². The second-order valence-electron chi connectivity index (χ2n) is 7.54. The van der Waals surface area contributed by atoms with Gasteiger partial charge in [-0.15, -0.1) is 12.4 Å². The van der Waals surface area contributed by atoms with Crippen molar-refractivity contribution in [3.05, 3.63) is 76.8 Å². The van der Waals surface area contributed by atoms with E-state index < -0.39 is 19.9 Å². The fourth-order valence-corrected chi connectivity index (χ4v) is 4.70. The van der Waals surface area contributed by atoms with Crippen molar-refractivity contribution < 1.29 is 28.1 Å². The molecule has 0 saturated carbocycles. The van der Waals surface area contributed by atoms with Crippen molar-refractivity contribution in [3.8, 4) is 34.0 Å². The SMILES string of the molecule is Cl.O=[N+]([O-])c1cccc(-c2cccc(-c3nc4c(cc(S(=O)(=O)O)c5cccc(O)c54)[nH]3)c2O)c1. The van der Waals surface area contributed by atoms with Crippen LogP contribution in [0.4, 0.5) is 5.69 Å². The predicted octanol–water partition coefficient (Wildman–Crippen LogP) is 5.04. The molecule has 0 saturated heterocycles. The van der Waals surface area contributed by atoms with E-state index in [9.17, 15) is 33.3 Å². The van der Waals surface area contributed by atoms with Gasteiger partial charge < -0.3 is 15.2 Å². The van der Waals surface area contributed by atoms with E-state index in [4.69, 9.17) is 0 Å². The molecule has 0 unspecified atom stereocenters. The van der Waals surface area contributed by atoms with Crippen LogP contribution in [0.3, 0.4) is 0 Å². The summed E-state index contributed by atoms with van der Waals surface area (Å²) in [6, 6.07) is 16.0. The standard InChI is InChI=1S/C23H15N3O7S.ClH/c27-18-9-3-7-15-19(34(31,32)33)11-17-21(20(15)18)25-23(24-17)16-8-2-6-14(22(16)28)12-4-1-5-13(10-12)26(29)30;/h1-11,27-28H,(H,24,25)(H,31,32,33);1H. The van der Waals surface area contributed by atoms with Gasteiger partial charge in [0.1, 0.15) is 27.7 Å². The molecule has 35 heavy (non-hydrogen) atoms. The molecule has 0 aliphatic rings. The van der Waals surface area contributed by atoms with E-state index in [2.05, 4.69) is 9.97 Å². The normalized spacial score (nSPS) is 11.5. The van der Waals surface area contributed by atoms with Crippen molar-refractivity contribution in [2.75, 3.05) is 0 Å². The molecule has 178 valence electrons. The van der Waals surface area contributed by atoms with Gasteiger partial charge in [0.25, 0.3) is 15.8 Å². The minimum absolute atomic E-state index is 0. The van der Waals surface area contributed by atoms with Gasteiger partial charge in [-0.25, -0.2) is 4.98 Å². The average Bonchev–Trinajstić information content (AvgIpc) is 3.22. The Hall–Kier alpha value is -4.19. The van der Waals surface area contributed by atoms with Gasteiger partial charge in [0, 0.05) is 23.1 Å². The van der Waals surface area contributed by atoms with Crippen molar-refractivity contribution in [2.24, 2.45) is 0 Å². The highest BCUT2D eigenvalue weighted by Gasteiger charge is 2.22. The summed E-state index contributed by atoms with van der Waals surface area (Å²) in [5.74, 6) is -0.275. The first kappa shape index (κ1) is 24.0. The second-order valence-corrected chi connectivity index (χ2v) is 8.93. The molecule has 1 heterocycles. The number of nitro groups is 1. The number of fused-ring (bicyclic) bond motifs is 3. The van der Waals surface area contributed by atoms with Gasteiger partial charge in [-0.05, 0) is 23.8 Å². The first-order valence-corrected chi connectivity index (χ1v) is 11.3. The number of nitrogens with one attached hydrogen (secondary N) is 1. The van der Waals surface area contributed by atoms with Crippen LogP contribution in [-0.2, 0) is 10.1 Å². The zero-order valence-corrected chi connectivity index (χ0v) is 19.2. The van der Waals surface area contributed by atoms with Crippen LogP contribution in [0.25, 0.3) is 44.3 Å². The van der Waals surface area contributed by atoms with Crippen molar-refractivity contribution in [3.63, 3.8) is 0 Å². The summed E-state index contributed by atoms with van der Waals surface area (Å²) in [5.41, 5.74) is 1.30. The molecule has 0 spiro atoms. The number of nitrogens with zero attached hydrogens (tertiary/aromatic N) is 2. The Kier molecular flexibility index (Phi) is 5.85. The minimum atomic E-state index is -4.62. The number of imidazole rings is 1. The molecule has 5 rings (SSSR count). The summed E-state index contributed by atoms with van der Waals surface area (Å²) in [6.45, 7) is 0. The summed E-state index contributed by atoms with van der Waals surface area (Å²) in [7, 11) is -4.62. The maximum atomic E-state index is 12.0. The number of hydrogen-bond acceptors (Lipinski definition) is 7. The maximum absolute atomic E-state index is 12.0. The van der Waals surface area contributed by atoms with E-state index in [0.29, 0.717) is 11.1 Å². The Morgan fingerprint density at radius 3 is 2.34 bits per heavy atom. The van der Waals surface area contributed by atoms with Crippen LogP contribution in [0.5, 0.6) is 11.5 Å². The predicted molar refractivity (Wildman–Crippen MR) is 132 cm³/mol. The number of aromatic nitrogens is 2. The molecule has 1 aromatic heterocycles. The van der Waals surface area contributed by atoms with Crippen molar-refractivity contribution >= 4 is 50.0 Å². The van der Waals surface area contributed by atoms with Gasteiger partial charge in [0.2, 0.25) is 0 Å². The number of phenolic OH excluding ortho intramolecular Hbond substituents is 2. The van der Waals surface area contributed by atoms with Crippen molar-refractivity contribution in [1.82, 2.24) is 9.97 Å². The first-order chi connectivity index (χ1) is 16.1. The molecule has 0 atom stereocenters. The molecular weight excluding hydrogens is 498 g/mol. The van der Waals surface area contributed by atoms with E-state index in [-0.39, 0.29) is 62.8 Å². The van der Waals surface area contributed by atoms with Gasteiger partial charge in [-0.1, -0.05) is 36.4 Å². The summed E-state index contributed by atoms with van der Waals surface area (Å²) < 4.78 is 33.6. The van der Waals surface area contributed by atoms with Gasteiger partial charge in [0.15, 0.2) is 0 Å². The average molecular weight is 514 g/mol. The number of non-ortho nitro benzene ring substituents is 1. The fourth-order valence-electron chi connectivity index (χ4n) is 3.98. The van der Waals surface area contributed by atoms with Crippen LogP contribution >= 0.6 is 12.4 Å².